The molecule has 1 N–H and O–H groups in total. The summed E-state index contributed by atoms with van der Waals surface area (Å²) < 4.78 is 30.0. The molecule has 0 aliphatic carbocycles. The van der Waals surface area contributed by atoms with Gasteiger partial charge >= 0.3 is 0 Å². The van der Waals surface area contributed by atoms with E-state index in [1.165, 1.54) is 6.26 Å². The highest BCUT2D eigenvalue weighted by Gasteiger charge is 2.22. The maximum Gasteiger partial charge on any atom is 0.206 e. The Balaban J connectivity index is 1.80. The lowest BCUT2D eigenvalue weighted by Crippen LogP contribution is -2.36. The van der Waals surface area contributed by atoms with E-state index in [1.54, 1.807) is 12.1 Å². The molecule has 8 nitrogen and oxygen atoms in total. The third-order valence-corrected chi connectivity index (χ3v) is 5.69. The number of nitrogens with zero attached hydrogens (tertiary/aromatic N) is 4. The van der Waals surface area contributed by atoms with Crippen LogP contribution in [-0.2, 0) is 14.6 Å². The first-order valence-electron chi connectivity index (χ1n) is 8.54. The lowest BCUT2D eigenvalue weighted by molar-refractivity contribution is 0.122. The fourth-order valence-corrected chi connectivity index (χ4v) is 4.15. The number of sulfone groups is 1. The van der Waals surface area contributed by atoms with E-state index in [4.69, 9.17) is 4.74 Å². The molecule has 2 aromatic carbocycles. The van der Waals surface area contributed by atoms with E-state index in [0.29, 0.717) is 5.56 Å². The van der Waals surface area contributed by atoms with Crippen LogP contribution in [0.2, 0.25) is 0 Å². The molecule has 140 valence electrons. The monoisotopic (exact) mass is 385 g/mol. The molecule has 4 rings (SSSR count). The van der Waals surface area contributed by atoms with Gasteiger partial charge in [-0.15, -0.1) is 10.2 Å². The number of rotatable bonds is 4. The predicted octanol–water partition coefficient (Wildman–Crippen LogP) is 1.77. The van der Waals surface area contributed by atoms with Crippen LogP contribution in [0, 0.1) is 0 Å². The topological polar surface area (TPSA) is 101 Å². The highest BCUT2D eigenvalue weighted by molar-refractivity contribution is 7.90. The van der Waals surface area contributed by atoms with Crippen molar-refractivity contribution < 1.29 is 13.2 Å². The summed E-state index contributed by atoms with van der Waals surface area (Å²) in [6.07, 6.45) is 1.18. The maximum absolute atomic E-state index is 12.3. The average Bonchev–Trinajstić information content (AvgIpc) is 3.22. The molecule has 0 amide bonds. The second kappa shape index (κ2) is 7.09. The van der Waals surface area contributed by atoms with Crippen molar-refractivity contribution >= 4 is 15.5 Å². The Morgan fingerprint density at radius 2 is 1.81 bits per heavy atom. The van der Waals surface area contributed by atoms with Gasteiger partial charge in [0.05, 0.1) is 18.1 Å². The minimum absolute atomic E-state index is 0.179. The van der Waals surface area contributed by atoms with Crippen molar-refractivity contribution in [2.75, 3.05) is 37.5 Å². The molecule has 3 aromatic rings. The molecule has 0 saturated carbocycles. The van der Waals surface area contributed by atoms with Gasteiger partial charge in [-0.3, -0.25) is 0 Å². The van der Waals surface area contributed by atoms with Gasteiger partial charge in [0.25, 0.3) is 0 Å². The van der Waals surface area contributed by atoms with Gasteiger partial charge in [-0.2, -0.15) is 5.21 Å². The van der Waals surface area contributed by atoms with Crippen molar-refractivity contribution in [3.05, 3.63) is 42.5 Å². The van der Waals surface area contributed by atoms with Crippen molar-refractivity contribution in [3.8, 4) is 22.5 Å². The van der Waals surface area contributed by atoms with Gasteiger partial charge in [-0.05, 0) is 34.5 Å². The second-order valence-electron chi connectivity index (χ2n) is 6.33. The first-order valence-corrected chi connectivity index (χ1v) is 10.4. The van der Waals surface area contributed by atoms with Crippen molar-refractivity contribution in [2.24, 2.45) is 0 Å². The van der Waals surface area contributed by atoms with E-state index >= 15 is 0 Å². The molecule has 1 fully saturated rings. The summed E-state index contributed by atoms with van der Waals surface area (Å²) in [5.41, 5.74) is 3.19. The minimum atomic E-state index is -3.46. The molecule has 27 heavy (non-hydrogen) atoms. The third kappa shape index (κ3) is 3.56. The molecule has 2 heterocycles. The number of aromatic nitrogens is 4. The third-order valence-electron chi connectivity index (χ3n) is 4.55. The van der Waals surface area contributed by atoms with Crippen molar-refractivity contribution in [3.63, 3.8) is 0 Å². The number of morpholine rings is 1. The van der Waals surface area contributed by atoms with E-state index in [1.807, 2.05) is 30.3 Å². The number of anilines is 1. The van der Waals surface area contributed by atoms with Crippen molar-refractivity contribution in [2.45, 2.75) is 4.90 Å². The zero-order chi connectivity index (χ0) is 18.9. The van der Waals surface area contributed by atoms with Crippen LogP contribution in [0.15, 0.2) is 47.4 Å². The summed E-state index contributed by atoms with van der Waals surface area (Å²) in [5.74, 6) is 0.253. The van der Waals surface area contributed by atoms with Gasteiger partial charge in [-0.25, -0.2) is 8.42 Å². The average molecular weight is 385 g/mol. The molecule has 0 spiro atoms. The normalized spacial score (nSPS) is 15.1. The Bertz CT molecular complexity index is 1030. The van der Waals surface area contributed by atoms with Crippen LogP contribution in [0.1, 0.15) is 0 Å². The highest BCUT2D eigenvalue weighted by atomic mass is 32.2. The van der Waals surface area contributed by atoms with Crippen LogP contribution in [0.3, 0.4) is 0 Å². The Kier molecular flexibility index (Phi) is 4.63. The van der Waals surface area contributed by atoms with Gasteiger partial charge in [0.2, 0.25) is 5.82 Å². The summed E-state index contributed by atoms with van der Waals surface area (Å²) in [6.45, 7) is 3.16. The van der Waals surface area contributed by atoms with Gasteiger partial charge in [0.15, 0.2) is 9.84 Å². The fraction of sp³-hybridized carbons (Fsp3) is 0.278. The Hall–Kier alpha value is -2.78. The molecular weight excluding hydrogens is 366 g/mol. The van der Waals surface area contributed by atoms with Crippen LogP contribution in [-0.4, -0.2) is 61.6 Å². The summed E-state index contributed by atoms with van der Waals surface area (Å²) in [7, 11) is -3.46. The lowest BCUT2D eigenvalue weighted by atomic mass is 9.98. The van der Waals surface area contributed by atoms with E-state index in [-0.39, 0.29) is 10.7 Å². The van der Waals surface area contributed by atoms with Crippen LogP contribution in [0.5, 0.6) is 0 Å². The largest absolute Gasteiger partial charge is 0.378 e. The number of benzene rings is 2. The quantitative estimate of drug-likeness (QED) is 0.730. The first kappa shape index (κ1) is 17.6. The Labute approximate surface area is 157 Å². The number of hydrogen-bond donors (Lipinski definition) is 1. The maximum atomic E-state index is 12.3. The van der Waals surface area contributed by atoms with Crippen molar-refractivity contribution in [1.29, 1.82) is 0 Å². The number of aromatic amines is 1. The molecule has 0 unspecified atom stereocenters. The fourth-order valence-electron chi connectivity index (χ4n) is 3.25. The van der Waals surface area contributed by atoms with Crippen molar-refractivity contribution in [1.82, 2.24) is 20.6 Å². The minimum Gasteiger partial charge on any atom is -0.378 e. The Morgan fingerprint density at radius 1 is 1.07 bits per heavy atom. The molecule has 0 bridgehead atoms. The van der Waals surface area contributed by atoms with Crippen LogP contribution in [0.4, 0.5) is 5.69 Å². The number of ether oxygens (including phenoxy) is 1. The molecule has 1 saturated heterocycles. The van der Waals surface area contributed by atoms with Crippen LogP contribution >= 0.6 is 0 Å². The van der Waals surface area contributed by atoms with E-state index < -0.39 is 9.84 Å². The van der Waals surface area contributed by atoms with Gasteiger partial charge in [0, 0.05) is 30.6 Å². The SMILES string of the molecule is CS(=O)(=O)c1cccc(-c2ccc(N3CCOCC3)cc2)c1-c1nn[nH]n1. The molecule has 0 radical (unpaired) electrons. The molecule has 1 aliphatic rings. The van der Waals surface area contributed by atoms with Gasteiger partial charge < -0.3 is 9.64 Å². The van der Waals surface area contributed by atoms with Gasteiger partial charge in [-0.1, -0.05) is 24.3 Å². The van der Waals surface area contributed by atoms with Crippen LogP contribution in [0.25, 0.3) is 22.5 Å². The molecular formula is C18H19N5O3S. The molecule has 1 aromatic heterocycles. The second-order valence-corrected chi connectivity index (χ2v) is 8.32. The highest BCUT2D eigenvalue weighted by Crippen LogP contribution is 2.35. The summed E-state index contributed by atoms with van der Waals surface area (Å²) in [6, 6.07) is 13.2. The van der Waals surface area contributed by atoms with Crippen LogP contribution < -0.4 is 4.90 Å². The summed E-state index contributed by atoms with van der Waals surface area (Å²) >= 11 is 0. The van der Waals surface area contributed by atoms with E-state index in [0.717, 1.165) is 43.1 Å². The number of tetrazole rings is 1. The summed E-state index contributed by atoms with van der Waals surface area (Å²) in [5, 5.41) is 14.0. The molecule has 1 aliphatic heterocycles. The standard InChI is InChI=1S/C18H19N5O3S/c1-27(24,25)16-4-2-3-15(17(16)18-19-21-22-20-18)13-5-7-14(8-6-13)23-9-11-26-12-10-23/h2-8H,9-12H2,1H3,(H,19,20,21,22). The predicted molar refractivity (Wildman–Crippen MR) is 101 cm³/mol. The zero-order valence-corrected chi connectivity index (χ0v) is 15.6. The number of H-pyrrole nitrogens is 1. The van der Waals surface area contributed by atoms with Gasteiger partial charge in [0.1, 0.15) is 0 Å². The summed E-state index contributed by atoms with van der Waals surface area (Å²) in [4.78, 5) is 2.44. The Morgan fingerprint density at radius 3 is 2.44 bits per heavy atom. The number of hydrogen-bond acceptors (Lipinski definition) is 7. The molecule has 9 heteroatoms. The first-order chi connectivity index (χ1) is 13.0. The lowest BCUT2D eigenvalue weighted by Gasteiger charge is -2.29. The smallest absolute Gasteiger partial charge is 0.206 e. The van der Waals surface area contributed by atoms with E-state index in [2.05, 4.69) is 25.5 Å². The molecule has 0 atom stereocenters. The number of nitrogens with one attached hydrogen (secondary N) is 1. The van der Waals surface area contributed by atoms with E-state index in [9.17, 15) is 8.42 Å². The zero-order valence-electron chi connectivity index (χ0n) is 14.8.